The van der Waals surface area contributed by atoms with Gasteiger partial charge in [-0.1, -0.05) is 24.3 Å². The number of carbonyl (C=O) groups excluding carboxylic acids is 2. The summed E-state index contributed by atoms with van der Waals surface area (Å²) in [5.41, 5.74) is 2.61. The predicted octanol–water partition coefficient (Wildman–Crippen LogP) is 1.07. The minimum Gasteiger partial charge on any atom is -0.329 e. The van der Waals surface area contributed by atoms with Crippen LogP contribution in [0.2, 0.25) is 0 Å². The molecule has 1 aromatic rings. The second-order valence-electron chi connectivity index (χ2n) is 5.19. The van der Waals surface area contributed by atoms with Gasteiger partial charge in [0.05, 0.1) is 6.54 Å². The molecule has 0 saturated carbocycles. The second kappa shape index (κ2) is 6.52. The van der Waals surface area contributed by atoms with Crippen LogP contribution in [0.25, 0.3) is 0 Å². The van der Waals surface area contributed by atoms with Crippen molar-refractivity contribution in [1.29, 1.82) is 0 Å². The predicted molar refractivity (Wildman–Crippen MR) is 77.5 cm³/mol. The molecule has 0 radical (unpaired) electrons. The highest BCUT2D eigenvalue weighted by Gasteiger charge is 2.27. The van der Waals surface area contributed by atoms with E-state index in [2.05, 4.69) is 36.6 Å². The number of nitrogens with zero attached hydrogens (tertiary/aromatic N) is 1. The molecule has 20 heavy (non-hydrogen) atoms. The van der Waals surface area contributed by atoms with Gasteiger partial charge in [0.25, 0.3) is 0 Å². The van der Waals surface area contributed by atoms with Crippen LogP contribution in [0.5, 0.6) is 0 Å². The van der Waals surface area contributed by atoms with Gasteiger partial charge < -0.3 is 10.6 Å². The van der Waals surface area contributed by atoms with Gasteiger partial charge in [0.15, 0.2) is 0 Å². The Morgan fingerprint density at radius 2 is 2.10 bits per heavy atom. The number of hydrogen-bond acceptors (Lipinski definition) is 3. The lowest BCUT2D eigenvalue weighted by atomic mass is 10.0. The van der Waals surface area contributed by atoms with Crippen molar-refractivity contribution >= 4 is 11.9 Å². The molecule has 5 heteroatoms. The molecule has 1 aliphatic heterocycles. The van der Waals surface area contributed by atoms with Crippen molar-refractivity contribution in [3.63, 3.8) is 0 Å². The average Bonchev–Trinajstić information content (AvgIpc) is 2.73. The number of carbonyl (C=O) groups is 2. The molecule has 5 nitrogen and oxygen atoms in total. The largest absolute Gasteiger partial charge is 0.329 e. The van der Waals surface area contributed by atoms with E-state index in [1.54, 1.807) is 0 Å². The lowest BCUT2D eigenvalue weighted by Crippen LogP contribution is -2.40. The van der Waals surface area contributed by atoms with Crippen LogP contribution < -0.4 is 10.6 Å². The third kappa shape index (κ3) is 3.57. The van der Waals surface area contributed by atoms with Gasteiger partial charge in [-0.3, -0.25) is 9.69 Å². The van der Waals surface area contributed by atoms with Gasteiger partial charge in [-0.15, -0.1) is 0 Å². The van der Waals surface area contributed by atoms with Gasteiger partial charge in [-0.25, -0.2) is 4.79 Å². The maximum atomic E-state index is 11.4. The van der Waals surface area contributed by atoms with Gasteiger partial charge in [-0.2, -0.15) is 0 Å². The molecule has 1 aliphatic rings. The molecule has 1 fully saturated rings. The SMILES string of the molecule is Cc1ccccc1C[C@@H](C)NCCN1C(=O)CNC1=O. The Labute approximate surface area is 119 Å². The number of nitrogens with one attached hydrogen (secondary N) is 2. The Kier molecular flexibility index (Phi) is 4.74. The first-order valence-corrected chi connectivity index (χ1v) is 6.94. The molecule has 0 bridgehead atoms. The molecule has 2 rings (SSSR count). The standard InChI is InChI=1S/C15H21N3O2/c1-11-5-3-4-6-13(11)9-12(2)16-7-8-18-14(19)10-17-15(18)20/h3-6,12,16H,7-10H2,1-2H3,(H,17,20)/t12-/m1/s1. The fourth-order valence-electron chi connectivity index (χ4n) is 2.35. The highest BCUT2D eigenvalue weighted by molar-refractivity contribution is 6.01. The lowest BCUT2D eigenvalue weighted by molar-refractivity contribution is -0.124. The number of aryl methyl sites for hydroxylation is 1. The zero-order chi connectivity index (χ0) is 14.5. The van der Waals surface area contributed by atoms with Gasteiger partial charge in [0.1, 0.15) is 0 Å². The highest BCUT2D eigenvalue weighted by atomic mass is 16.2. The van der Waals surface area contributed by atoms with Crippen LogP contribution in [0.15, 0.2) is 24.3 Å². The Hall–Kier alpha value is -1.88. The monoisotopic (exact) mass is 275 g/mol. The lowest BCUT2D eigenvalue weighted by Gasteiger charge is -2.17. The normalized spacial score (nSPS) is 16.4. The van der Waals surface area contributed by atoms with Gasteiger partial charge in [0, 0.05) is 19.1 Å². The molecule has 0 aromatic heterocycles. The molecule has 0 aliphatic carbocycles. The summed E-state index contributed by atoms with van der Waals surface area (Å²) < 4.78 is 0. The molecule has 1 aromatic carbocycles. The molecule has 1 atom stereocenters. The molecule has 0 spiro atoms. The number of imide groups is 1. The number of rotatable bonds is 6. The molecular weight excluding hydrogens is 254 g/mol. The highest BCUT2D eigenvalue weighted by Crippen LogP contribution is 2.09. The van der Waals surface area contributed by atoms with Crippen molar-refractivity contribution in [2.75, 3.05) is 19.6 Å². The van der Waals surface area contributed by atoms with Crippen molar-refractivity contribution in [1.82, 2.24) is 15.5 Å². The quantitative estimate of drug-likeness (QED) is 0.763. The zero-order valence-electron chi connectivity index (χ0n) is 12.0. The molecular formula is C15H21N3O2. The van der Waals surface area contributed by atoms with Crippen LogP contribution in [-0.4, -0.2) is 42.5 Å². The van der Waals surface area contributed by atoms with E-state index >= 15 is 0 Å². The number of amides is 3. The van der Waals surface area contributed by atoms with Crippen molar-refractivity contribution in [2.24, 2.45) is 0 Å². The minimum atomic E-state index is -0.289. The molecule has 108 valence electrons. The second-order valence-corrected chi connectivity index (χ2v) is 5.19. The zero-order valence-corrected chi connectivity index (χ0v) is 12.0. The van der Waals surface area contributed by atoms with Crippen LogP contribution >= 0.6 is 0 Å². The number of hydrogen-bond donors (Lipinski definition) is 2. The van der Waals surface area contributed by atoms with E-state index in [9.17, 15) is 9.59 Å². The summed E-state index contributed by atoms with van der Waals surface area (Å²) in [6, 6.07) is 8.33. The Morgan fingerprint density at radius 3 is 2.75 bits per heavy atom. The third-order valence-corrected chi connectivity index (χ3v) is 3.55. The van der Waals surface area contributed by atoms with Crippen molar-refractivity contribution in [3.05, 3.63) is 35.4 Å². The summed E-state index contributed by atoms with van der Waals surface area (Å²) in [4.78, 5) is 24.0. The average molecular weight is 275 g/mol. The van der Waals surface area contributed by atoms with E-state index in [-0.39, 0.29) is 18.5 Å². The molecule has 2 N–H and O–H groups in total. The summed E-state index contributed by atoms with van der Waals surface area (Å²) in [7, 11) is 0. The molecule has 0 unspecified atom stereocenters. The maximum Gasteiger partial charge on any atom is 0.324 e. The first-order valence-electron chi connectivity index (χ1n) is 6.94. The van der Waals surface area contributed by atoms with E-state index in [0.29, 0.717) is 19.1 Å². The van der Waals surface area contributed by atoms with E-state index in [1.165, 1.54) is 16.0 Å². The van der Waals surface area contributed by atoms with Crippen LogP contribution in [0.4, 0.5) is 4.79 Å². The number of urea groups is 1. The fraction of sp³-hybridized carbons (Fsp3) is 0.467. The maximum absolute atomic E-state index is 11.4. The molecule has 1 heterocycles. The van der Waals surface area contributed by atoms with E-state index < -0.39 is 0 Å². The molecule has 3 amide bonds. The molecule has 1 saturated heterocycles. The van der Waals surface area contributed by atoms with E-state index in [4.69, 9.17) is 0 Å². The fourth-order valence-corrected chi connectivity index (χ4v) is 2.35. The summed E-state index contributed by atoms with van der Waals surface area (Å²) in [6.07, 6.45) is 0.937. The first-order chi connectivity index (χ1) is 9.58. The van der Waals surface area contributed by atoms with Crippen molar-refractivity contribution in [2.45, 2.75) is 26.3 Å². The van der Waals surface area contributed by atoms with Crippen molar-refractivity contribution in [3.8, 4) is 0 Å². The number of benzene rings is 1. The minimum absolute atomic E-state index is 0.123. The smallest absolute Gasteiger partial charge is 0.324 e. The summed E-state index contributed by atoms with van der Waals surface area (Å²) in [5, 5.41) is 5.87. The van der Waals surface area contributed by atoms with Gasteiger partial charge in [-0.05, 0) is 31.4 Å². The summed E-state index contributed by atoms with van der Waals surface area (Å²) in [5.74, 6) is -0.150. The van der Waals surface area contributed by atoms with Crippen LogP contribution in [0, 0.1) is 6.92 Å². The third-order valence-electron chi connectivity index (χ3n) is 3.55. The first kappa shape index (κ1) is 14.5. The Bertz CT molecular complexity index is 486. The van der Waals surface area contributed by atoms with Gasteiger partial charge >= 0.3 is 6.03 Å². The Morgan fingerprint density at radius 1 is 1.35 bits per heavy atom. The van der Waals surface area contributed by atoms with Gasteiger partial charge in [0.2, 0.25) is 5.91 Å². The van der Waals surface area contributed by atoms with Crippen LogP contribution in [-0.2, 0) is 11.2 Å². The van der Waals surface area contributed by atoms with E-state index in [0.717, 1.165) is 6.42 Å². The van der Waals surface area contributed by atoms with Crippen molar-refractivity contribution < 1.29 is 9.59 Å². The summed E-state index contributed by atoms with van der Waals surface area (Å²) in [6.45, 7) is 5.38. The van der Waals surface area contributed by atoms with Crippen LogP contribution in [0.3, 0.4) is 0 Å². The Balaban J connectivity index is 1.75. The van der Waals surface area contributed by atoms with E-state index in [1.807, 2.05) is 12.1 Å². The van der Waals surface area contributed by atoms with Crippen LogP contribution in [0.1, 0.15) is 18.1 Å². The topological polar surface area (TPSA) is 61.4 Å². The summed E-state index contributed by atoms with van der Waals surface area (Å²) >= 11 is 0.